The normalized spacial score (nSPS) is 14.3. The van der Waals surface area contributed by atoms with Gasteiger partial charge < -0.3 is 10.2 Å². The highest BCUT2D eigenvalue weighted by Crippen LogP contribution is 2.26. The summed E-state index contributed by atoms with van der Waals surface area (Å²) in [4.78, 5) is 10.7. The first-order chi connectivity index (χ1) is 8.43. The number of benzene rings is 1. The monoisotopic (exact) mass is 292 g/mol. The van der Waals surface area contributed by atoms with Gasteiger partial charge in [-0.15, -0.1) is 0 Å². The van der Waals surface area contributed by atoms with Crippen LogP contribution >= 0.6 is 23.4 Å². The van der Waals surface area contributed by atoms with Gasteiger partial charge in [-0.25, -0.2) is 4.39 Å². The predicted molar refractivity (Wildman–Crippen MR) is 70.1 cm³/mol. The fourth-order valence-electron chi connectivity index (χ4n) is 1.44. The number of hydrogen-bond acceptors (Lipinski definition) is 4. The van der Waals surface area contributed by atoms with Crippen LogP contribution in [0.25, 0.3) is 0 Å². The van der Waals surface area contributed by atoms with E-state index in [4.69, 9.17) is 11.6 Å². The molecule has 2 unspecified atom stereocenters. The molecule has 100 valence electrons. The first-order valence-corrected chi connectivity index (χ1v) is 6.73. The molecule has 2 N–H and O–H groups in total. The number of hydrogen-bond donors (Lipinski definition) is 2. The Morgan fingerprint density at radius 1 is 1.50 bits per heavy atom. The maximum Gasteiger partial charge on any atom is 0.185 e. The molecule has 0 heterocycles. The molecule has 0 aromatic heterocycles. The molecule has 1 aromatic carbocycles. The van der Waals surface area contributed by atoms with Crippen molar-refractivity contribution in [1.29, 1.82) is 0 Å². The summed E-state index contributed by atoms with van der Waals surface area (Å²) < 4.78 is 13.6. The lowest BCUT2D eigenvalue weighted by Crippen LogP contribution is -2.20. The number of rotatable bonds is 5. The second kappa shape index (κ2) is 7.09. The van der Waals surface area contributed by atoms with Crippen molar-refractivity contribution < 1.29 is 19.4 Å². The van der Waals surface area contributed by atoms with Crippen LogP contribution in [-0.2, 0) is 4.79 Å². The molecule has 0 aliphatic rings. The molecule has 1 rings (SSSR count). The maximum atomic E-state index is 13.6. The van der Waals surface area contributed by atoms with Gasteiger partial charge in [0.05, 0.1) is 11.1 Å². The lowest BCUT2D eigenvalue weighted by atomic mass is 10.0. The second-order valence-electron chi connectivity index (χ2n) is 3.78. The van der Waals surface area contributed by atoms with E-state index in [0.29, 0.717) is 5.75 Å². The molecule has 0 aliphatic heterocycles. The molecule has 0 bridgehead atoms. The Hall–Kier alpha value is -0.620. The lowest BCUT2D eigenvalue weighted by molar-refractivity contribution is -0.109. The highest BCUT2D eigenvalue weighted by atomic mass is 35.5. The molecule has 0 saturated heterocycles. The van der Waals surface area contributed by atoms with E-state index < -0.39 is 18.0 Å². The SMILES string of the molecule is CC(=O)SCCC(O)C(O)c1cccc(Cl)c1F. The van der Waals surface area contributed by atoms with E-state index in [2.05, 4.69) is 0 Å². The summed E-state index contributed by atoms with van der Waals surface area (Å²) in [6.07, 6.45) is -2.29. The average Bonchev–Trinajstić information content (AvgIpc) is 2.31. The number of aliphatic hydroxyl groups excluding tert-OH is 2. The minimum atomic E-state index is -1.35. The van der Waals surface area contributed by atoms with Gasteiger partial charge in [-0.3, -0.25) is 4.79 Å². The van der Waals surface area contributed by atoms with E-state index >= 15 is 0 Å². The molecule has 0 fully saturated rings. The van der Waals surface area contributed by atoms with Crippen LogP contribution in [0.3, 0.4) is 0 Å². The van der Waals surface area contributed by atoms with Crippen LogP contribution in [0.1, 0.15) is 25.0 Å². The number of carbonyl (C=O) groups is 1. The Morgan fingerprint density at radius 2 is 2.17 bits per heavy atom. The Balaban J connectivity index is 2.65. The molecular weight excluding hydrogens is 279 g/mol. The van der Waals surface area contributed by atoms with E-state index in [1.807, 2.05) is 0 Å². The number of halogens is 2. The Kier molecular flexibility index (Phi) is 6.08. The number of aliphatic hydroxyl groups is 2. The molecule has 2 atom stereocenters. The zero-order valence-corrected chi connectivity index (χ0v) is 11.3. The van der Waals surface area contributed by atoms with Crippen LogP contribution in [0.2, 0.25) is 5.02 Å². The third kappa shape index (κ3) is 4.24. The number of thioether (sulfide) groups is 1. The fourth-order valence-corrected chi connectivity index (χ4v) is 2.27. The highest BCUT2D eigenvalue weighted by molar-refractivity contribution is 8.13. The summed E-state index contributed by atoms with van der Waals surface area (Å²) in [6.45, 7) is 1.42. The zero-order chi connectivity index (χ0) is 13.7. The largest absolute Gasteiger partial charge is 0.390 e. The average molecular weight is 293 g/mol. The third-order valence-electron chi connectivity index (χ3n) is 2.38. The van der Waals surface area contributed by atoms with Crippen molar-refractivity contribution in [2.45, 2.75) is 25.6 Å². The minimum absolute atomic E-state index is 0.0391. The summed E-state index contributed by atoms with van der Waals surface area (Å²) in [7, 11) is 0. The van der Waals surface area contributed by atoms with Crippen molar-refractivity contribution >= 4 is 28.5 Å². The molecule has 0 radical (unpaired) electrons. The van der Waals surface area contributed by atoms with E-state index in [1.54, 1.807) is 0 Å². The molecule has 0 amide bonds. The Bertz CT molecular complexity index is 428. The molecule has 0 saturated carbocycles. The third-order valence-corrected chi connectivity index (χ3v) is 3.52. The summed E-state index contributed by atoms with van der Waals surface area (Å²) in [5.74, 6) is -0.361. The molecular formula is C12H14ClFO3S. The summed E-state index contributed by atoms with van der Waals surface area (Å²) in [5, 5.41) is 19.4. The number of carbonyl (C=O) groups excluding carboxylic acids is 1. The summed E-state index contributed by atoms with van der Waals surface area (Å²) in [5.41, 5.74) is -0.0391. The molecule has 3 nitrogen and oxygen atoms in total. The van der Waals surface area contributed by atoms with Crippen molar-refractivity contribution in [2.24, 2.45) is 0 Å². The van der Waals surface area contributed by atoms with Crippen LogP contribution in [0.4, 0.5) is 4.39 Å². The van der Waals surface area contributed by atoms with Crippen molar-refractivity contribution in [1.82, 2.24) is 0 Å². The van der Waals surface area contributed by atoms with Gasteiger partial charge in [-0.05, 0) is 12.5 Å². The van der Waals surface area contributed by atoms with Gasteiger partial charge in [0.25, 0.3) is 0 Å². The van der Waals surface area contributed by atoms with Gasteiger partial charge in [-0.2, -0.15) is 0 Å². The van der Waals surface area contributed by atoms with Crippen molar-refractivity contribution in [3.05, 3.63) is 34.6 Å². The van der Waals surface area contributed by atoms with E-state index in [1.165, 1.54) is 25.1 Å². The van der Waals surface area contributed by atoms with Crippen LogP contribution in [0.15, 0.2) is 18.2 Å². The van der Waals surface area contributed by atoms with Gasteiger partial charge in [0, 0.05) is 18.2 Å². The van der Waals surface area contributed by atoms with Gasteiger partial charge >= 0.3 is 0 Å². The first-order valence-electron chi connectivity index (χ1n) is 5.37. The smallest absolute Gasteiger partial charge is 0.185 e. The molecule has 0 spiro atoms. The van der Waals surface area contributed by atoms with Crippen LogP contribution in [-0.4, -0.2) is 27.2 Å². The fraction of sp³-hybridized carbons (Fsp3) is 0.417. The van der Waals surface area contributed by atoms with E-state index in [0.717, 1.165) is 11.8 Å². The first kappa shape index (κ1) is 15.4. The van der Waals surface area contributed by atoms with Crippen molar-refractivity contribution in [3.8, 4) is 0 Å². The molecule has 18 heavy (non-hydrogen) atoms. The second-order valence-corrected chi connectivity index (χ2v) is 5.46. The lowest BCUT2D eigenvalue weighted by Gasteiger charge is -2.18. The van der Waals surface area contributed by atoms with E-state index in [-0.39, 0.29) is 22.1 Å². The van der Waals surface area contributed by atoms with Crippen LogP contribution in [0.5, 0.6) is 0 Å². The molecule has 6 heteroatoms. The van der Waals surface area contributed by atoms with Crippen LogP contribution in [0, 0.1) is 5.82 Å². The predicted octanol–water partition coefficient (Wildman–Crippen LogP) is 2.54. The standard InChI is InChI=1S/C12H14ClFO3S/c1-7(15)18-6-5-10(16)12(17)8-3-2-4-9(13)11(8)14/h2-4,10,12,16-17H,5-6H2,1H3. The topological polar surface area (TPSA) is 57.5 Å². The summed E-state index contributed by atoms with van der Waals surface area (Å²) >= 11 is 6.64. The quantitative estimate of drug-likeness (QED) is 0.876. The van der Waals surface area contributed by atoms with Gasteiger partial charge in [0.1, 0.15) is 11.9 Å². The molecule has 1 aromatic rings. The van der Waals surface area contributed by atoms with Gasteiger partial charge in [-0.1, -0.05) is 35.5 Å². The minimum Gasteiger partial charge on any atom is -0.390 e. The Morgan fingerprint density at radius 3 is 2.78 bits per heavy atom. The highest BCUT2D eigenvalue weighted by Gasteiger charge is 2.22. The van der Waals surface area contributed by atoms with E-state index in [9.17, 15) is 19.4 Å². The van der Waals surface area contributed by atoms with Gasteiger partial charge in [0.2, 0.25) is 0 Å². The summed E-state index contributed by atoms with van der Waals surface area (Å²) in [6, 6.07) is 4.24. The Labute approximate surface area is 114 Å². The van der Waals surface area contributed by atoms with Gasteiger partial charge in [0.15, 0.2) is 5.12 Å². The van der Waals surface area contributed by atoms with Crippen molar-refractivity contribution in [3.63, 3.8) is 0 Å². The molecule has 0 aliphatic carbocycles. The zero-order valence-electron chi connectivity index (χ0n) is 9.77. The van der Waals surface area contributed by atoms with Crippen LogP contribution < -0.4 is 0 Å². The maximum absolute atomic E-state index is 13.6. The van der Waals surface area contributed by atoms with Crippen molar-refractivity contribution in [2.75, 3.05) is 5.75 Å².